The summed E-state index contributed by atoms with van der Waals surface area (Å²) in [5.74, 6) is 0.725. The number of carbonyl (C=O) groups is 2. The van der Waals surface area contributed by atoms with Crippen LogP contribution >= 0.6 is 0 Å². The normalized spacial score (nSPS) is 12.6. The van der Waals surface area contributed by atoms with Crippen LogP contribution in [0.25, 0.3) is 22.3 Å². The van der Waals surface area contributed by atoms with E-state index in [1.54, 1.807) is 36.7 Å². The lowest BCUT2D eigenvalue weighted by Gasteiger charge is -2.10. The summed E-state index contributed by atoms with van der Waals surface area (Å²) in [5, 5.41) is 3.39. The van der Waals surface area contributed by atoms with Gasteiger partial charge in [0.2, 0.25) is 0 Å². The molecule has 0 unspecified atom stereocenters. The molecule has 6 aromatic heterocycles. The van der Waals surface area contributed by atoms with Crippen LogP contribution < -0.4 is 21.4 Å². The molecule has 1 aliphatic heterocycles. The molecule has 0 atom stereocenters. The largest absolute Gasteiger partial charge is 0.465 e. The number of aryl methyl sites for hydroxylation is 2. The number of imidazole rings is 2. The molecule has 12 nitrogen and oxygen atoms in total. The molecular weight excluding hydrogens is 705 g/mol. The lowest BCUT2D eigenvalue weighted by atomic mass is 10.0. The first-order valence-corrected chi connectivity index (χ1v) is 17.9. The van der Waals surface area contributed by atoms with Crippen LogP contribution in [0.5, 0.6) is 0 Å². The monoisotopic (exact) mass is 740 g/mol. The minimum Gasteiger partial charge on any atom is -0.465 e. The number of methoxy groups -OCH3 is 2. The highest BCUT2D eigenvalue weighted by atomic mass is 16.5. The Balaban J connectivity index is 1.39. The number of benzene rings is 2. The predicted molar refractivity (Wildman–Crippen MR) is 210 cm³/mol. The highest BCUT2D eigenvalue weighted by Gasteiger charge is 2.21. The molecule has 1 aliphatic rings. The summed E-state index contributed by atoms with van der Waals surface area (Å²) in [6.45, 7) is 0. The maximum Gasteiger partial charge on any atom is 0.337 e. The molecule has 0 radical (unpaired) electrons. The predicted octanol–water partition coefficient (Wildman–Crippen LogP) is 3.34. The van der Waals surface area contributed by atoms with Crippen LogP contribution in [-0.4, -0.2) is 65.2 Å². The number of hydrogen-bond donors (Lipinski definition) is 4. The van der Waals surface area contributed by atoms with Crippen molar-refractivity contribution < 1.29 is 19.1 Å². The van der Waals surface area contributed by atoms with Crippen LogP contribution in [0.2, 0.25) is 0 Å². The number of rotatable bonds is 6. The van der Waals surface area contributed by atoms with Crippen LogP contribution in [0.15, 0.2) is 122 Å². The second-order valence-electron chi connectivity index (χ2n) is 13.5. The standard InChI is InChI=1S/C44H36N8O4/c1-51-23-21-45-41(51)39-33-17-13-29(47-33)37(25-5-9-27(10-6-25)43(53)55-3)31-15-19-35(49-31)40(42-46-22-24-52(42)2)36-20-16-32(50-36)38(30-14-18-34(39)48-30)26-7-11-28(12-8-26)44(54)56-4/h5-24,47-50H,1-4H3. The van der Waals surface area contributed by atoms with E-state index in [2.05, 4.69) is 68.5 Å². The van der Waals surface area contributed by atoms with Gasteiger partial charge in [-0.3, -0.25) is 0 Å². The summed E-state index contributed by atoms with van der Waals surface area (Å²) >= 11 is 0. The Morgan fingerprint density at radius 2 is 0.804 bits per heavy atom. The van der Waals surface area contributed by atoms with E-state index in [0.717, 1.165) is 89.2 Å². The number of nitrogens with one attached hydrogen (secondary N) is 4. The van der Waals surface area contributed by atoms with Gasteiger partial charge in [-0.15, -0.1) is 0 Å². The summed E-state index contributed by atoms with van der Waals surface area (Å²) in [6.07, 6.45) is 7.41. The third kappa shape index (κ3) is 5.80. The van der Waals surface area contributed by atoms with Gasteiger partial charge in [0.15, 0.2) is 0 Å². The number of hydrogen-bond acceptors (Lipinski definition) is 6. The van der Waals surface area contributed by atoms with Crippen LogP contribution in [-0.2, 0) is 23.6 Å². The van der Waals surface area contributed by atoms with Gasteiger partial charge in [0.1, 0.15) is 11.6 Å². The number of carbonyl (C=O) groups excluding carboxylic acids is 2. The molecule has 0 fully saturated rings. The Hall–Kier alpha value is -7.60. The number of esters is 2. The highest BCUT2D eigenvalue weighted by molar-refractivity contribution is 5.91. The van der Waals surface area contributed by atoms with Crippen molar-refractivity contribution in [2.45, 2.75) is 0 Å². The second kappa shape index (κ2) is 13.7. The fourth-order valence-electron chi connectivity index (χ4n) is 7.43. The molecule has 8 aromatic rings. The molecule has 4 N–H and O–H groups in total. The number of ether oxygens (including phenoxy) is 2. The van der Waals surface area contributed by atoms with Crippen molar-refractivity contribution in [1.82, 2.24) is 39.0 Å². The van der Waals surface area contributed by atoms with Crippen molar-refractivity contribution in [2.75, 3.05) is 14.2 Å². The van der Waals surface area contributed by atoms with E-state index in [9.17, 15) is 9.59 Å². The van der Waals surface area contributed by atoms with Gasteiger partial charge in [0, 0.05) is 72.1 Å². The van der Waals surface area contributed by atoms with Gasteiger partial charge in [0.05, 0.1) is 58.6 Å². The van der Waals surface area contributed by atoms with Gasteiger partial charge in [0.25, 0.3) is 0 Å². The fraction of sp³-hybridized carbons (Fsp3) is 0.0909. The molecule has 0 saturated carbocycles. The number of aromatic nitrogens is 8. The lowest BCUT2D eigenvalue weighted by Crippen LogP contribution is -2.20. The van der Waals surface area contributed by atoms with Crippen LogP contribution in [0, 0.1) is 0 Å². The first-order valence-electron chi connectivity index (χ1n) is 17.9. The van der Waals surface area contributed by atoms with Crippen molar-refractivity contribution >= 4 is 34.2 Å². The quantitative estimate of drug-likeness (QED) is 0.192. The lowest BCUT2D eigenvalue weighted by molar-refractivity contribution is 0.0592. The molecule has 56 heavy (non-hydrogen) atoms. The average molecular weight is 741 g/mol. The smallest absolute Gasteiger partial charge is 0.337 e. The van der Waals surface area contributed by atoms with E-state index in [0.29, 0.717) is 11.1 Å². The SMILES string of the molecule is COC(=O)c1ccc(C2=c3ccc([nH]3)=C(c3nccn3C)c3ccc([nH]3)C(c3ccc(C(=O)OC)cc3)=c3ccc([nH]3)=C(c3nccn3C)c3ccc2[nH]3)cc1. The van der Waals surface area contributed by atoms with E-state index in [1.807, 2.05) is 59.9 Å². The number of H-pyrrole nitrogens is 4. The number of aromatic amines is 4. The van der Waals surface area contributed by atoms with E-state index in [4.69, 9.17) is 19.4 Å². The molecule has 0 amide bonds. The van der Waals surface area contributed by atoms with Crippen molar-refractivity contribution in [3.05, 3.63) is 200 Å². The van der Waals surface area contributed by atoms with Crippen molar-refractivity contribution in [3.8, 4) is 0 Å². The molecule has 0 spiro atoms. The number of nitrogens with zero attached hydrogens (tertiary/aromatic N) is 4. The van der Waals surface area contributed by atoms with Crippen LogP contribution in [0.4, 0.5) is 0 Å². The van der Waals surface area contributed by atoms with E-state index in [1.165, 1.54) is 14.2 Å². The fourth-order valence-corrected chi connectivity index (χ4v) is 7.43. The van der Waals surface area contributed by atoms with E-state index >= 15 is 0 Å². The topological polar surface area (TPSA) is 151 Å². The molecule has 0 saturated heterocycles. The Labute approximate surface area is 319 Å². The first-order chi connectivity index (χ1) is 27.3. The van der Waals surface area contributed by atoms with E-state index < -0.39 is 11.9 Å². The Morgan fingerprint density at radius 3 is 1.12 bits per heavy atom. The van der Waals surface area contributed by atoms with E-state index in [-0.39, 0.29) is 0 Å². The summed E-state index contributed by atoms with van der Waals surface area (Å²) < 4.78 is 13.9. The molecule has 8 bridgehead atoms. The van der Waals surface area contributed by atoms with Crippen LogP contribution in [0.3, 0.4) is 0 Å². The Bertz CT molecular complexity index is 2850. The zero-order valence-electron chi connectivity index (χ0n) is 31.0. The summed E-state index contributed by atoms with van der Waals surface area (Å²) in [7, 11) is 6.70. The van der Waals surface area contributed by atoms with Crippen molar-refractivity contribution in [1.29, 1.82) is 0 Å². The van der Waals surface area contributed by atoms with Gasteiger partial charge < -0.3 is 38.5 Å². The summed E-state index contributed by atoms with van der Waals surface area (Å²) in [5.41, 5.74) is 9.62. The van der Waals surface area contributed by atoms with Gasteiger partial charge in [-0.25, -0.2) is 19.6 Å². The maximum absolute atomic E-state index is 12.4. The van der Waals surface area contributed by atoms with Crippen molar-refractivity contribution in [3.63, 3.8) is 0 Å². The minimum atomic E-state index is -0.401. The third-order valence-corrected chi connectivity index (χ3v) is 10.2. The van der Waals surface area contributed by atoms with Gasteiger partial charge in [-0.1, -0.05) is 24.3 Å². The molecule has 12 heteroatoms. The second-order valence-corrected chi connectivity index (χ2v) is 13.5. The number of fused-ring (bicyclic) bond motifs is 8. The Kier molecular flexibility index (Phi) is 8.35. The van der Waals surface area contributed by atoms with Crippen molar-refractivity contribution in [2.24, 2.45) is 14.1 Å². The van der Waals surface area contributed by atoms with Crippen LogP contribution in [0.1, 0.15) is 66.3 Å². The summed E-state index contributed by atoms with van der Waals surface area (Å²) in [4.78, 5) is 49.3. The molecule has 9 rings (SSSR count). The maximum atomic E-state index is 12.4. The zero-order chi connectivity index (χ0) is 38.5. The minimum absolute atomic E-state index is 0.401. The molecule has 276 valence electrons. The third-order valence-electron chi connectivity index (χ3n) is 10.2. The molecule has 0 aliphatic carbocycles. The Morgan fingerprint density at radius 1 is 0.464 bits per heavy atom. The molecule has 2 aromatic carbocycles. The van der Waals surface area contributed by atoms with Gasteiger partial charge >= 0.3 is 11.9 Å². The van der Waals surface area contributed by atoms with Gasteiger partial charge in [-0.05, 0) is 83.9 Å². The molecular formula is C44H36N8O4. The van der Waals surface area contributed by atoms with Gasteiger partial charge in [-0.2, -0.15) is 0 Å². The average Bonchev–Trinajstić information content (AvgIpc) is 4.09. The highest BCUT2D eigenvalue weighted by Crippen LogP contribution is 2.27. The molecule has 7 heterocycles. The first kappa shape index (κ1) is 34.2. The zero-order valence-corrected chi connectivity index (χ0v) is 31.0. The summed E-state index contributed by atoms with van der Waals surface area (Å²) in [6, 6.07) is 31.3.